The Morgan fingerprint density at radius 2 is 1.93 bits per heavy atom. The highest BCUT2D eigenvalue weighted by molar-refractivity contribution is 14.0. The van der Waals surface area contributed by atoms with Gasteiger partial charge in [-0.3, -0.25) is 9.89 Å². The zero-order valence-corrected chi connectivity index (χ0v) is 18.7. The van der Waals surface area contributed by atoms with E-state index < -0.39 is 0 Å². The average Bonchev–Trinajstić information content (AvgIpc) is 3.44. The molecule has 3 aliphatic heterocycles. The summed E-state index contributed by atoms with van der Waals surface area (Å²) in [6, 6.07) is 11.3. The predicted molar refractivity (Wildman–Crippen MR) is 121 cm³/mol. The van der Waals surface area contributed by atoms with Crippen LogP contribution in [0.25, 0.3) is 0 Å². The first-order chi connectivity index (χ1) is 12.8. The van der Waals surface area contributed by atoms with Gasteiger partial charge in [0, 0.05) is 45.2 Å². The smallest absolute Gasteiger partial charge is 0.193 e. The molecule has 0 bridgehead atoms. The van der Waals surface area contributed by atoms with E-state index in [-0.39, 0.29) is 30.1 Å². The molecule has 3 fully saturated rings. The Balaban J connectivity index is 0.00000210. The maximum absolute atomic E-state index is 6.03. The van der Waals surface area contributed by atoms with Gasteiger partial charge in [0.15, 0.2) is 5.96 Å². The van der Waals surface area contributed by atoms with E-state index in [2.05, 4.69) is 50.4 Å². The maximum Gasteiger partial charge on any atom is 0.193 e. The van der Waals surface area contributed by atoms with Crippen molar-refractivity contribution in [1.29, 1.82) is 0 Å². The molecule has 1 aromatic carbocycles. The van der Waals surface area contributed by atoms with E-state index in [0.717, 1.165) is 38.6 Å². The van der Waals surface area contributed by atoms with Crippen LogP contribution < -0.4 is 5.32 Å². The fraction of sp³-hybridized carbons (Fsp3) is 0.667. The lowest BCUT2D eigenvalue weighted by Gasteiger charge is -2.27. The van der Waals surface area contributed by atoms with Crippen molar-refractivity contribution in [1.82, 2.24) is 15.1 Å². The summed E-state index contributed by atoms with van der Waals surface area (Å²) in [5, 5.41) is 3.64. The van der Waals surface area contributed by atoms with Gasteiger partial charge in [0.25, 0.3) is 0 Å². The minimum atomic E-state index is 0. The van der Waals surface area contributed by atoms with Crippen molar-refractivity contribution < 1.29 is 4.74 Å². The molecule has 1 aromatic rings. The molecule has 3 saturated heterocycles. The summed E-state index contributed by atoms with van der Waals surface area (Å²) < 4.78 is 6.03. The fourth-order valence-electron chi connectivity index (χ4n) is 4.75. The zero-order valence-electron chi connectivity index (χ0n) is 16.3. The van der Waals surface area contributed by atoms with Crippen LogP contribution in [0.4, 0.5) is 0 Å². The Hall–Kier alpha value is -0.860. The molecule has 5 nitrogen and oxygen atoms in total. The molecule has 3 aliphatic rings. The van der Waals surface area contributed by atoms with Crippen LogP contribution in [0.15, 0.2) is 35.3 Å². The first-order valence-electron chi connectivity index (χ1n) is 10.2. The number of aliphatic imine (C=N–C) groups is 1. The number of nitrogens with zero attached hydrogens (tertiary/aromatic N) is 3. The van der Waals surface area contributed by atoms with Crippen LogP contribution in [0.1, 0.15) is 37.4 Å². The van der Waals surface area contributed by atoms with E-state index in [1.165, 1.54) is 37.9 Å². The van der Waals surface area contributed by atoms with E-state index in [0.29, 0.717) is 12.0 Å². The molecular formula is C21H33IN4O. The Morgan fingerprint density at radius 3 is 2.67 bits per heavy atom. The minimum Gasteiger partial charge on any atom is -0.373 e. The molecule has 3 heterocycles. The average molecular weight is 484 g/mol. The second-order valence-corrected chi connectivity index (χ2v) is 7.81. The van der Waals surface area contributed by atoms with Crippen LogP contribution >= 0.6 is 24.0 Å². The lowest BCUT2D eigenvalue weighted by atomic mass is 9.95. The van der Waals surface area contributed by atoms with Crippen LogP contribution in [0.3, 0.4) is 0 Å². The molecule has 4 rings (SSSR count). The summed E-state index contributed by atoms with van der Waals surface area (Å²) in [4.78, 5) is 9.67. The maximum atomic E-state index is 6.03. The molecule has 0 aliphatic carbocycles. The molecule has 6 heteroatoms. The standard InChI is InChI=1S/C21H32N4O.HI/c1-22-21(25-13-9-19(16-25)24-11-5-6-12-24)23-15-18-10-14-26-20(18)17-7-3-2-4-8-17;/h2-4,7-8,18-20H,5-6,9-16H2,1H3,(H,22,23);1H. The van der Waals surface area contributed by atoms with Crippen molar-refractivity contribution in [3.63, 3.8) is 0 Å². The molecule has 27 heavy (non-hydrogen) atoms. The van der Waals surface area contributed by atoms with E-state index in [9.17, 15) is 0 Å². The van der Waals surface area contributed by atoms with Gasteiger partial charge in [-0.1, -0.05) is 30.3 Å². The molecule has 150 valence electrons. The van der Waals surface area contributed by atoms with Gasteiger partial charge < -0.3 is 15.0 Å². The summed E-state index contributed by atoms with van der Waals surface area (Å²) in [6.07, 6.45) is 5.32. The number of hydrogen-bond donors (Lipinski definition) is 1. The Kier molecular flexibility index (Phi) is 7.78. The third-order valence-corrected chi connectivity index (χ3v) is 6.20. The number of guanidine groups is 1. The van der Waals surface area contributed by atoms with Crippen molar-refractivity contribution in [2.45, 2.75) is 37.8 Å². The molecule has 0 spiro atoms. The molecule has 3 unspecified atom stereocenters. The van der Waals surface area contributed by atoms with Gasteiger partial charge in [0.2, 0.25) is 0 Å². The number of benzene rings is 1. The minimum absolute atomic E-state index is 0. The molecule has 0 saturated carbocycles. The van der Waals surface area contributed by atoms with Gasteiger partial charge in [0.1, 0.15) is 0 Å². The number of likely N-dealkylation sites (tertiary alicyclic amines) is 2. The topological polar surface area (TPSA) is 40.1 Å². The number of rotatable bonds is 4. The van der Waals surface area contributed by atoms with Gasteiger partial charge in [-0.25, -0.2) is 0 Å². The van der Waals surface area contributed by atoms with E-state index in [1.807, 2.05) is 7.05 Å². The summed E-state index contributed by atoms with van der Waals surface area (Å²) in [6.45, 7) is 6.57. The molecule has 0 aromatic heterocycles. The Bertz CT molecular complexity index is 605. The number of ether oxygens (including phenoxy) is 1. The zero-order chi connectivity index (χ0) is 17.8. The van der Waals surface area contributed by atoms with Crippen LogP contribution in [-0.2, 0) is 4.74 Å². The quantitative estimate of drug-likeness (QED) is 0.405. The van der Waals surface area contributed by atoms with Crippen molar-refractivity contribution in [3.8, 4) is 0 Å². The molecule has 1 N–H and O–H groups in total. The van der Waals surface area contributed by atoms with E-state index >= 15 is 0 Å². The van der Waals surface area contributed by atoms with Crippen LogP contribution in [0.2, 0.25) is 0 Å². The van der Waals surface area contributed by atoms with E-state index in [1.54, 1.807) is 0 Å². The third kappa shape index (κ3) is 4.95. The number of halogens is 1. The van der Waals surface area contributed by atoms with Gasteiger partial charge in [-0.2, -0.15) is 0 Å². The molecular weight excluding hydrogens is 451 g/mol. The molecule has 0 amide bonds. The van der Waals surface area contributed by atoms with Crippen LogP contribution in [0.5, 0.6) is 0 Å². The van der Waals surface area contributed by atoms with Gasteiger partial charge in [-0.05, 0) is 44.3 Å². The van der Waals surface area contributed by atoms with Gasteiger partial charge in [-0.15, -0.1) is 24.0 Å². The first kappa shape index (κ1) is 20.9. The second-order valence-electron chi connectivity index (χ2n) is 7.81. The van der Waals surface area contributed by atoms with Crippen molar-refractivity contribution in [2.75, 3.05) is 46.4 Å². The Labute approximate surface area is 180 Å². The first-order valence-corrected chi connectivity index (χ1v) is 10.2. The highest BCUT2D eigenvalue weighted by atomic mass is 127. The van der Waals surface area contributed by atoms with E-state index in [4.69, 9.17) is 4.74 Å². The van der Waals surface area contributed by atoms with Crippen molar-refractivity contribution in [3.05, 3.63) is 35.9 Å². The molecule has 3 atom stereocenters. The predicted octanol–water partition coefficient (Wildman–Crippen LogP) is 3.13. The number of hydrogen-bond acceptors (Lipinski definition) is 3. The highest BCUT2D eigenvalue weighted by Crippen LogP contribution is 2.34. The van der Waals surface area contributed by atoms with Crippen molar-refractivity contribution in [2.24, 2.45) is 10.9 Å². The normalized spacial score (nSPS) is 29.1. The number of nitrogens with one attached hydrogen (secondary N) is 1. The second kappa shape index (κ2) is 10.1. The monoisotopic (exact) mass is 484 g/mol. The van der Waals surface area contributed by atoms with Crippen LogP contribution in [-0.4, -0.2) is 68.2 Å². The van der Waals surface area contributed by atoms with Crippen molar-refractivity contribution >= 4 is 29.9 Å². The van der Waals surface area contributed by atoms with Gasteiger partial charge >= 0.3 is 0 Å². The summed E-state index contributed by atoms with van der Waals surface area (Å²) in [5.41, 5.74) is 1.29. The largest absolute Gasteiger partial charge is 0.373 e. The Morgan fingerprint density at radius 1 is 1.15 bits per heavy atom. The highest BCUT2D eigenvalue weighted by Gasteiger charge is 2.32. The molecule has 0 radical (unpaired) electrons. The lowest BCUT2D eigenvalue weighted by Crippen LogP contribution is -2.44. The SMILES string of the molecule is CN=C(NCC1CCOC1c1ccccc1)N1CCC(N2CCCC2)C1.I. The van der Waals surface area contributed by atoms with Crippen LogP contribution in [0, 0.1) is 5.92 Å². The van der Waals surface area contributed by atoms with Gasteiger partial charge in [0.05, 0.1) is 6.10 Å². The summed E-state index contributed by atoms with van der Waals surface area (Å²) >= 11 is 0. The lowest BCUT2D eigenvalue weighted by molar-refractivity contribution is 0.0914. The fourth-order valence-corrected chi connectivity index (χ4v) is 4.75. The third-order valence-electron chi connectivity index (χ3n) is 6.20. The summed E-state index contributed by atoms with van der Waals surface area (Å²) in [7, 11) is 1.91. The summed E-state index contributed by atoms with van der Waals surface area (Å²) in [5.74, 6) is 1.57.